The highest BCUT2D eigenvalue weighted by molar-refractivity contribution is 6.10. The van der Waals surface area contributed by atoms with Gasteiger partial charge in [-0.2, -0.15) is 0 Å². The molecule has 0 spiro atoms. The molecule has 0 atom stereocenters. The minimum atomic E-state index is -0.335. The Morgan fingerprint density at radius 1 is 1.41 bits per heavy atom. The Bertz CT molecular complexity index is 774. The molecule has 1 heterocycles. The molecule has 22 heavy (non-hydrogen) atoms. The van der Waals surface area contributed by atoms with Crippen molar-refractivity contribution in [3.8, 4) is 5.75 Å². The molecule has 0 saturated carbocycles. The van der Waals surface area contributed by atoms with Gasteiger partial charge >= 0.3 is 5.63 Å². The van der Waals surface area contributed by atoms with Gasteiger partial charge in [0.2, 0.25) is 0 Å². The molecule has 0 aliphatic rings. The second kappa shape index (κ2) is 6.64. The maximum atomic E-state index is 12.3. The highest BCUT2D eigenvalue weighted by Crippen LogP contribution is 2.30. The lowest BCUT2D eigenvalue weighted by Crippen LogP contribution is -2.12. The summed E-state index contributed by atoms with van der Waals surface area (Å²) < 4.78 is 10.8. The van der Waals surface area contributed by atoms with Crippen LogP contribution in [0.2, 0.25) is 0 Å². The maximum absolute atomic E-state index is 12.3. The monoisotopic (exact) mass is 303 g/mol. The molecule has 0 unspecified atom stereocenters. The molecule has 0 radical (unpaired) electrons. The third-order valence-electron chi connectivity index (χ3n) is 3.93. The first-order chi connectivity index (χ1) is 10.5. The summed E-state index contributed by atoms with van der Waals surface area (Å²) in [5.41, 5.74) is 2.53. The van der Waals surface area contributed by atoms with Crippen LogP contribution in [0.15, 0.2) is 26.5 Å². The van der Waals surface area contributed by atoms with Gasteiger partial charge in [0.25, 0.3) is 0 Å². The van der Waals surface area contributed by atoms with Crippen LogP contribution in [-0.4, -0.2) is 18.0 Å². The first-order valence-electron chi connectivity index (χ1n) is 7.37. The largest absolute Gasteiger partial charge is 0.496 e. The van der Waals surface area contributed by atoms with Crippen molar-refractivity contribution in [3.05, 3.63) is 39.2 Å². The van der Waals surface area contributed by atoms with Crippen LogP contribution in [0.25, 0.3) is 11.0 Å². The van der Waals surface area contributed by atoms with Gasteiger partial charge < -0.3 is 14.4 Å². The number of nitrogens with zero attached hydrogens (tertiary/aromatic N) is 1. The Morgan fingerprint density at radius 2 is 2.14 bits per heavy atom. The van der Waals surface area contributed by atoms with Crippen molar-refractivity contribution < 1.29 is 14.4 Å². The summed E-state index contributed by atoms with van der Waals surface area (Å²) in [4.78, 5) is 12.3. The number of methoxy groups -OCH3 is 1. The summed E-state index contributed by atoms with van der Waals surface area (Å²) >= 11 is 0. The molecule has 5 heteroatoms. The summed E-state index contributed by atoms with van der Waals surface area (Å²) in [6, 6.07) is 3.67. The quantitative estimate of drug-likeness (QED) is 0.396. The summed E-state index contributed by atoms with van der Waals surface area (Å²) in [6.07, 6.45) is 2.66. The molecular weight excluding hydrogens is 282 g/mol. The number of ether oxygens (including phenoxy) is 1. The van der Waals surface area contributed by atoms with Gasteiger partial charge in [0.15, 0.2) is 5.58 Å². The average molecular weight is 303 g/mol. The van der Waals surface area contributed by atoms with E-state index in [0.29, 0.717) is 34.6 Å². The van der Waals surface area contributed by atoms with Crippen LogP contribution in [0.5, 0.6) is 5.75 Å². The predicted molar refractivity (Wildman–Crippen MR) is 86.4 cm³/mol. The molecule has 118 valence electrons. The predicted octanol–water partition coefficient (Wildman–Crippen LogP) is 3.65. The van der Waals surface area contributed by atoms with Crippen LogP contribution in [0, 0.1) is 6.92 Å². The molecule has 0 amide bonds. The zero-order valence-corrected chi connectivity index (χ0v) is 13.4. The lowest BCUT2D eigenvalue weighted by Gasteiger charge is -2.13. The second-order valence-electron chi connectivity index (χ2n) is 5.30. The third-order valence-corrected chi connectivity index (χ3v) is 3.93. The molecule has 0 saturated heterocycles. The van der Waals surface area contributed by atoms with Gasteiger partial charge in [-0.25, -0.2) is 4.79 Å². The van der Waals surface area contributed by atoms with Crippen LogP contribution in [-0.2, 0) is 6.42 Å². The number of rotatable bonds is 5. The van der Waals surface area contributed by atoms with Gasteiger partial charge in [0.1, 0.15) is 5.75 Å². The highest BCUT2D eigenvalue weighted by Gasteiger charge is 2.18. The minimum Gasteiger partial charge on any atom is -0.496 e. The van der Waals surface area contributed by atoms with E-state index < -0.39 is 0 Å². The number of benzene rings is 1. The first-order valence-corrected chi connectivity index (χ1v) is 7.37. The Morgan fingerprint density at radius 3 is 2.73 bits per heavy atom. The van der Waals surface area contributed by atoms with E-state index in [0.717, 1.165) is 23.8 Å². The van der Waals surface area contributed by atoms with Crippen LogP contribution in [0.3, 0.4) is 0 Å². The van der Waals surface area contributed by atoms with Crippen molar-refractivity contribution in [2.75, 3.05) is 7.11 Å². The van der Waals surface area contributed by atoms with E-state index in [-0.39, 0.29) is 5.63 Å². The zero-order chi connectivity index (χ0) is 16.3. The standard InChI is InChI=1S/C17H21NO4/c1-5-6-7-13-10(2)12-8-9-14(21-4)15(11(3)18-20)16(12)22-17(13)19/h8-9,20H,5-7H2,1-4H3/b18-11+. The fourth-order valence-corrected chi connectivity index (χ4v) is 2.64. The lowest BCUT2D eigenvalue weighted by atomic mass is 9.98. The van der Waals surface area contributed by atoms with Crippen molar-refractivity contribution in [2.24, 2.45) is 5.16 Å². The van der Waals surface area contributed by atoms with E-state index in [1.807, 2.05) is 13.0 Å². The van der Waals surface area contributed by atoms with Crippen molar-refractivity contribution in [1.82, 2.24) is 0 Å². The smallest absolute Gasteiger partial charge is 0.339 e. The molecule has 1 aromatic heterocycles. The fraction of sp³-hybridized carbons (Fsp3) is 0.412. The number of hydrogen-bond acceptors (Lipinski definition) is 5. The van der Waals surface area contributed by atoms with Crippen LogP contribution >= 0.6 is 0 Å². The van der Waals surface area contributed by atoms with Gasteiger partial charge in [-0.05, 0) is 44.4 Å². The van der Waals surface area contributed by atoms with E-state index >= 15 is 0 Å². The molecule has 2 aromatic rings. The SMILES string of the molecule is CCCCc1c(C)c2ccc(OC)c(/C(C)=N/O)c2oc1=O. The van der Waals surface area contributed by atoms with Crippen LogP contribution in [0.1, 0.15) is 43.4 Å². The molecule has 2 rings (SSSR count). The Kier molecular flexibility index (Phi) is 4.85. The Labute approximate surface area is 129 Å². The molecule has 5 nitrogen and oxygen atoms in total. The van der Waals surface area contributed by atoms with Gasteiger partial charge in [-0.15, -0.1) is 0 Å². The van der Waals surface area contributed by atoms with Crippen molar-refractivity contribution >= 4 is 16.7 Å². The Hall–Kier alpha value is -2.30. The van der Waals surface area contributed by atoms with Crippen molar-refractivity contribution in [2.45, 2.75) is 40.0 Å². The third kappa shape index (κ3) is 2.71. The molecule has 1 N–H and O–H groups in total. The summed E-state index contributed by atoms with van der Waals surface area (Å²) in [5.74, 6) is 0.506. The number of aryl methyl sites for hydroxylation is 1. The first kappa shape index (κ1) is 16.1. The minimum absolute atomic E-state index is 0.335. The number of fused-ring (bicyclic) bond motifs is 1. The normalized spacial score (nSPS) is 11.9. The summed E-state index contributed by atoms with van der Waals surface area (Å²) in [6.45, 7) is 5.64. The van der Waals surface area contributed by atoms with Crippen LogP contribution in [0.4, 0.5) is 0 Å². The number of unbranched alkanes of at least 4 members (excludes halogenated alkanes) is 1. The van der Waals surface area contributed by atoms with Gasteiger partial charge in [-0.3, -0.25) is 0 Å². The molecule has 0 aliphatic carbocycles. The summed E-state index contributed by atoms with van der Waals surface area (Å²) in [5, 5.41) is 13.2. The fourth-order valence-electron chi connectivity index (χ4n) is 2.64. The maximum Gasteiger partial charge on any atom is 0.339 e. The molecule has 1 aromatic carbocycles. The number of hydrogen-bond donors (Lipinski definition) is 1. The van der Waals surface area contributed by atoms with E-state index in [4.69, 9.17) is 14.4 Å². The molecule has 0 aliphatic heterocycles. The van der Waals surface area contributed by atoms with Gasteiger partial charge in [0.05, 0.1) is 18.4 Å². The molecule has 0 fully saturated rings. The van der Waals surface area contributed by atoms with Crippen LogP contribution < -0.4 is 10.4 Å². The zero-order valence-electron chi connectivity index (χ0n) is 13.4. The lowest BCUT2D eigenvalue weighted by molar-refractivity contribution is 0.318. The Balaban J connectivity index is 2.82. The van der Waals surface area contributed by atoms with E-state index in [1.54, 1.807) is 13.0 Å². The number of oxime groups is 1. The van der Waals surface area contributed by atoms with Crippen molar-refractivity contribution in [1.29, 1.82) is 0 Å². The van der Waals surface area contributed by atoms with Crippen molar-refractivity contribution in [3.63, 3.8) is 0 Å². The average Bonchev–Trinajstić information content (AvgIpc) is 2.52. The highest BCUT2D eigenvalue weighted by atomic mass is 16.5. The second-order valence-corrected chi connectivity index (χ2v) is 5.30. The van der Waals surface area contributed by atoms with E-state index in [9.17, 15) is 4.79 Å². The van der Waals surface area contributed by atoms with Gasteiger partial charge in [0, 0.05) is 10.9 Å². The topological polar surface area (TPSA) is 72.0 Å². The van der Waals surface area contributed by atoms with Gasteiger partial charge in [-0.1, -0.05) is 18.5 Å². The molecule has 0 bridgehead atoms. The van der Waals surface area contributed by atoms with E-state index in [1.165, 1.54) is 7.11 Å². The molecular formula is C17H21NO4. The van der Waals surface area contributed by atoms with E-state index in [2.05, 4.69) is 12.1 Å². The summed E-state index contributed by atoms with van der Waals surface area (Å²) in [7, 11) is 1.52.